The second kappa shape index (κ2) is 7.36. The van der Waals surface area contributed by atoms with Crippen LogP contribution in [-0.2, 0) is 11.2 Å². The first-order valence-electron chi connectivity index (χ1n) is 6.84. The maximum absolute atomic E-state index is 12.8. The summed E-state index contributed by atoms with van der Waals surface area (Å²) in [6.07, 6.45) is 1.00. The van der Waals surface area contributed by atoms with Gasteiger partial charge in [0.1, 0.15) is 5.82 Å². The molecule has 1 atom stereocenters. The second-order valence-corrected chi connectivity index (χ2v) is 5.89. The Kier molecular flexibility index (Phi) is 5.51. The zero-order valence-corrected chi connectivity index (χ0v) is 13.4. The molecule has 0 bridgehead atoms. The Balaban J connectivity index is 1.85. The number of aryl methyl sites for hydroxylation is 1. The molecule has 2 aromatic rings. The molecule has 2 rings (SSSR count). The highest BCUT2D eigenvalue weighted by atomic mass is 79.9. The van der Waals surface area contributed by atoms with Gasteiger partial charge in [0.15, 0.2) is 0 Å². The van der Waals surface area contributed by atoms with E-state index < -0.39 is 0 Å². The summed E-state index contributed by atoms with van der Waals surface area (Å²) >= 11 is 3.42. The quantitative estimate of drug-likeness (QED) is 0.851. The predicted octanol–water partition coefficient (Wildman–Crippen LogP) is 4.40. The number of amides is 1. The van der Waals surface area contributed by atoms with E-state index in [4.69, 9.17) is 0 Å². The van der Waals surface area contributed by atoms with Crippen LogP contribution in [0.5, 0.6) is 0 Å². The SMILES string of the molecule is CC(NC(=O)CCc1ccc(F)cc1)c1cccc(Br)c1. The van der Waals surface area contributed by atoms with Gasteiger partial charge in [-0.05, 0) is 48.7 Å². The molecule has 0 radical (unpaired) electrons. The smallest absolute Gasteiger partial charge is 0.220 e. The van der Waals surface area contributed by atoms with Crippen LogP contribution in [0.2, 0.25) is 0 Å². The Morgan fingerprint density at radius 3 is 2.62 bits per heavy atom. The topological polar surface area (TPSA) is 29.1 Å². The highest BCUT2D eigenvalue weighted by Gasteiger charge is 2.09. The molecular weight excluding hydrogens is 333 g/mol. The highest BCUT2D eigenvalue weighted by molar-refractivity contribution is 9.10. The number of rotatable bonds is 5. The summed E-state index contributed by atoms with van der Waals surface area (Å²) in [5.74, 6) is -0.265. The second-order valence-electron chi connectivity index (χ2n) is 4.97. The molecule has 1 unspecified atom stereocenters. The molecule has 2 aromatic carbocycles. The van der Waals surface area contributed by atoms with E-state index in [-0.39, 0.29) is 17.8 Å². The molecule has 0 saturated heterocycles. The van der Waals surface area contributed by atoms with Crippen molar-refractivity contribution in [2.24, 2.45) is 0 Å². The van der Waals surface area contributed by atoms with Gasteiger partial charge in [0.25, 0.3) is 0 Å². The van der Waals surface area contributed by atoms with Gasteiger partial charge in [0.2, 0.25) is 5.91 Å². The first kappa shape index (κ1) is 15.7. The van der Waals surface area contributed by atoms with Gasteiger partial charge in [0.05, 0.1) is 6.04 Å². The Bertz CT molecular complexity index is 612. The lowest BCUT2D eigenvalue weighted by Crippen LogP contribution is -2.26. The summed E-state index contributed by atoms with van der Waals surface area (Å²) in [5, 5.41) is 2.97. The lowest BCUT2D eigenvalue weighted by atomic mass is 10.1. The molecular formula is C17H17BrFNO. The fraction of sp³-hybridized carbons (Fsp3) is 0.235. The maximum atomic E-state index is 12.8. The van der Waals surface area contributed by atoms with E-state index in [1.54, 1.807) is 12.1 Å². The number of halogens is 2. The third-order valence-electron chi connectivity index (χ3n) is 3.28. The normalized spacial score (nSPS) is 12.0. The van der Waals surface area contributed by atoms with Crippen molar-refractivity contribution in [3.05, 3.63) is 69.9 Å². The molecule has 110 valence electrons. The molecule has 0 heterocycles. The van der Waals surface area contributed by atoms with Gasteiger partial charge in [-0.2, -0.15) is 0 Å². The van der Waals surface area contributed by atoms with Crippen molar-refractivity contribution >= 4 is 21.8 Å². The molecule has 0 aliphatic rings. The van der Waals surface area contributed by atoms with Crippen LogP contribution in [0, 0.1) is 5.82 Å². The number of hydrogen-bond donors (Lipinski definition) is 1. The van der Waals surface area contributed by atoms with Crippen LogP contribution in [0.25, 0.3) is 0 Å². The van der Waals surface area contributed by atoms with Crippen molar-refractivity contribution in [3.63, 3.8) is 0 Å². The number of carbonyl (C=O) groups is 1. The molecule has 21 heavy (non-hydrogen) atoms. The molecule has 1 amide bonds. The van der Waals surface area contributed by atoms with Crippen LogP contribution >= 0.6 is 15.9 Å². The third kappa shape index (κ3) is 4.97. The van der Waals surface area contributed by atoms with Crippen LogP contribution in [0.4, 0.5) is 4.39 Å². The zero-order chi connectivity index (χ0) is 15.2. The van der Waals surface area contributed by atoms with E-state index in [9.17, 15) is 9.18 Å². The molecule has 1 N–H and O–H groups in total. The first-order chi connectivity index (χ1) is 10.0. The van der Waals surface area contributed by atoms with E-state index in [2.05, 4.69) is 21.2 Å². The third-order valence-corrected chi connectivity index (χ3v) is 3.77. The van der Waals surface area contributed by atoms with Gasteiger partial charge in [-0.3, -0.25) is 4.79 Å². The minimum absolute atomic E-state index is 0.00759. The van der Waals surface area contributed by atoms with Gasteiger partial charge in [0, 0.05) is 10.9 Å². The monoisotopic (exact) mass is 349 g/mol. The number of carbonyl (C=O) groups excluding carboxylic acids is 1. The Morgan fingerprint density at radius 2 is 1.95 bits per heavy atom. The lowest BCUT2D eigenvalue weighted by Gasteiger charge is -2.14. The molecule has 0 aliphatic heterocycles. The summed E-state index contributed by atoms with van der Waals surface area (Å²) < 4.78 is 13.8. The zero-order valence-electron chi connectivity index (χ0n) is 11.8. The molecule has 0 saturated carbocycles. The lowest BCUT2D eigenvalue weighted by molar-refractivity contribution is -0.121. The Labute approximate surface area is 132 Å². The standard InChI is InChI=1S/C17H17BrFNO/c1-12(14-3-2-4-15(18)11-14)20-17(21)10-7-13-5-8-16(19)9-6-13/h2-6,8-9,11-12H,7,10H2,1H3,(H,20,21). The molecule has 2 nitrogen and oxygen atoms in total. The van der Waals surface area contributed by atoms with Gasteiger partial charge >= 0.3 is 0 Å². The maximum Gasteiger partial charge on any atom is 0.220 e. The molecule has 0 aromatic heterocycles. The van der Waals surface area contributed by atoms with Crippen molar-refractivity contribution in [1.82, 2.24) is 5.32 Å². The highest BCUT2D eigenvalue weighted by Crippen LogP contribution is 2.18. The number of benzene rings is 2. The van der Waals surface area contributed by atoms with E-state index in [0.717, 1.165) is 15.6 Å². The minimum Gasteiger partial charge on any atom is -0.350 e. The molecule has 0 aliphatic carbocycles. The summed E-state index contributed by atoms with van der Waals surface area (Å²) in [7, 11) is 0. The number of nitrogens with one attached hydrogen (secondary N) is 1. The van der Waals surface area contributed by atoms with Crippen molar-refractivity contribution in [3.8, 4) is 0 Å². The molecule has 0 fully saturated rings. The largest absolute Gasteiger partial charge is 0.350 e. The summed E-state index contributed by atoms with van der Waals surface area (Å²) in [6.45, 7) is 1.96. The predicted molar refractivity (Wildman–Crippen MR) is 85.4 cm³/mol. The van der Waals surface area contributed by atoms with Gasteiger partial charge in [-0.25, -0.2) is 4.39 Å². The fourth-order valence-corrected chi connectivity index (χ4v) is 2.50. The van der Waals surface area contributed by atoms with Crippen LogP contribution in [-0.4, -0.2) is 5.91 Å². The fourth-order valence-electron chi connectivity index (χ4n) is 2.08. The van der Waals surface area contributed by atoms with Gasteiger partial charge < -0.3 is 5.32 Å². The van der Waals surface area contributed by atoms with E-state index in [1.807, 2.05) is 31.2 Å². The van der Waals surface area contributed by atoms with Crippen molar-refractivity contribution in [2.45, 2.75) is 25.8 Å². The van der Waals surface area contributed by atoms with Crippen LogP contribution in [0.15, 0.2) is 53.0 Å². The van der Waals surface area contributed by atoms with Gasteiger partial charge in [-0.15, -0.1) is 0 Å². The summed E-state index contributed by atoms with van der Waals surface area (Å²) in [6, 6.07) is 14.1. The van der Waals surface area contributed by atoms with Crippen molar-refractivity contribution in [2.75, 3.05) is 0 Å². The van der Waals surface area contributed by atoms with E-state index in [1.165, 1.54) is 12.1 Å². The Hall–Kier alpha value is -1.68. The van der Waals surface area contributed by atoms with E-state index in [0.29, 0.717) is 12.8 Å². The van der Waals surface area contributed by atoms with Crippen molar-refractivity contribution in [1.29, 1.82) is 0 Å². The van der Waals surface area contributed by atoms with Crippen LogP contribution in [0.3, 0.4) is 0 Å². The van der Waals surface area contributed by atoms with Crippen molar-refractivity contribution < 1.29 is 9.18 Å². The summed E-state index contributed by atoms with van der Waals surface area (Å²) in [4.78, 5) is 12.0. The van der Waals surface area contributed by atoms with Crippen LogP contribution < -0.4 is 5.32 Å². The molecule has 4 heteroatoms. The summed E-state index contributed by atoms with van der Waals surface area (Å²) in [5.41, 5.74) is 2.01. The average Bonchev–Trinajstić information content (AvgIpc) is 2.46. The first-order valence-corrected chi connectivity index (χ1v) is 7.63. The van der Waals surface area contributed by atoms with E-state index >= 15 is 0 Å². The van der Waals surface area contributed by atoms with Crippen LogP contribution in [0.1, 0.15) is 30.5 Å². The van der Waals surface area contributed by atoms with Gasteiger partial charge in [-0.1, -0.05) is 40.2 Å². The minimum atomic E-state index is -0.258. The molecule has 0 spiro atoms. The number of hydrogen-bond acceptors (Lipinski definition) is 1. The Morgan fingerprint density at radius 1 is 1.24 bits per heavy atom. The average molecular weight is 350 g/mol.